The van der Waals surface area contributed by atoms with Crippen molar-refractivity contribution in [2.24, 2.45) is 0 Å². The maximum absolute atomic E-state index is 12.9. The molecule has 0 N–H and O–H groups in total. The topological polar surface area (TPSA) is 47.4 Å². The summed E-state index contributed by atoms with van der Waals surface area (Å²) in [5.74, 6) is 0.425. The predicted molar refractivity (Wildman–Crippen MR) is 119 cm³/mol. The summed E-state index contributed by atoms with van der Waals surface area (Å²) in [5.41, 5.74) is 2.41. The molecule has 0 saturated heterocycles. The Kier molecular flexibility index (Phi) is 7.22. The molecule has 0 bridgehead atoms. The molecule has 8 heteroatoms. The Hall–Kier alpha value is -2.02. The Balaban J connectivity index is 1.70. The summed E-state index contributed by atoms with van der Waals surface area (Å²) >= 11 is 15.7. The van der Waals surface area contributed by atoms with E-state index in [0.717, 1.165) is 22.3 Å². The third kappa shape index (κ3) is 5.13. The van der Waals surface area contributed by atoms with Gasteiger partial charge >= 0.3 is 0 Å². The SMILES string of the molecule is CCn1ncc(Br)c1CN(C)C(=O)c1cccc(COc2cccc(Cl)c2Cl)c1. The van der Waals surface area contributed by atoms with Gasteiger partial charge in [0.05, 0.1) is 27.9 Å². The monoisotopic (exact) mass is 495 g/mol. The Bertz CT molecular complexity index is 1020. The van der Waals surface area contributed by atoms with Crippen molar-refractivity contribution >= 4 is 45.0 Å². The van der Waals surface area contributed by atoms with Crippen LogP contribution in [0.15, 0.2) is 53.1 Å². The molecule has 29 heavy (non-hydrogen) atoms. The smallest absolute Gasteiger partial charge is 0.253 e. The van der Waals surface area contributed by atoms with Crippen LogP contribution in [0.4, 0.5) is 0 Å². The fraction of sp³-hybridized carbons (Fsp3) is 0.238. The van der Waals surface area contributed by atoms with E-state index in [4.69, 9.17) is 27.9 Å². The number of aryl methyl sites for hydroxylation is 1. The van der Waals surface area contributed by atoms with Crippen molar-refractivity contribution in [3.63, 3.8) is 0 Å². The number of aromatic nitrogens is 2. The van der Waals surface area contributed by atoms with Crippen molar-refractivity contribution in [3.05, 3.63) is 80.0 Å². The maximum atomic E-state index is 12.9. The van der Waals surface area contributed by atoms with Crippen molar-refractivity contribution in [2.75, 3.05) is 7.05 Å². The first-order chi connectivity index (χ1) is 13.9. The largest absolute Gasteiger partial charge is 0.487 e. The zero-order chi connectivity index (χ0) is 21.0. The van der Waals surface area contributed by atoms with Gasteiger partial charge in [-0.1, -0.05) is 41.4 Å². The van der Waals surface area contributed by atoms with E-state index in [0.29, 0.717) is 27.9 Å². The predicted octanol–water partition coefficient (Wildman–Crippen LogP) is 5.82. The van der Waals surface area contributed by atoms with Gasteiger partial charge in [-0.05, 0) is 52.7 Å². The van der Waals surface area contributed by atoms with Crippen LogP contribution in [0.2, 0.25) is 10.0 Å². The van der Waals surface area contributed by atoms with Crippen LogP contribution in [0, 0.1) is 0 Å². The molecule has 1 heterocycles. The van der Waals surface area contributed by atoms with Gasteiger partial charge in [-0.15, -0.1) is 0 Å². The molecule has 1 aromatic heterocycles. The number of benzene rings is 2. The first kappa shape index (κ1) is 21.7. The zero-order valence-electron chi connectivity index (χ0n) is 16.0. The van der Waals surface area contributed by atoms with E-state index >= 15 is 0 Å². The standard InChI is InChI=1S/C21H20BrCl2N3O2/c1-3-27-18(16(22)11-25-27)12-26(2)21(28)15-7-4-6-14(10-15)13-29-19-9-5-8-17(23)20(19)24/h4-11H,3,12-13H2,1-2H3. The minimum atomic E-state index is -0.0802. The van der Waals surface area contributed by atoms with Gasteiger partial charge in [0.15, 0.2) is 0 Å². The normalized spacial score (nSPS) is 10.8. The Morgan fingerprint density at radius 2 is 2.00 bits per heavy atom. The van der Waals surface area contributed by atoms with Gasteiger partial charge < -0.3 is 9.64 Å². The van der Waals surface area contributed by atoms with Crippen LogP contribution < -0.4 is 4.74 Å². The second-order valence-corrected chi connectivity index (χ2v) is 8.10. The van der Waals surface area contributed by atoms with E-state index < -0.39 is 0 Å². The number of rotatable bonds is 7. The number of hydrogen-bond donors (Lipinski definition) is 0. The molecule has 1 amide bonds. The molecule has 0 aliphatic rings. The molecule has 0 spiro atoms. The second kappa shape index (κ2) is 9.65. The maximum Gasteiger partial charge on any atom is 0.253 e. The van der Waals surface area contributed by atoms with Gasteiger partial charge in [0.2, 0.25) is 0 Å². The van der Waals surface area contributed by atoms with Crippen molar-refractivity contribution in [1.82, 2.24) is 14.7 Å². The molecule has 152 valence electrons. The molecule has 0 atom stereocenters. The summed E-state index contributed by atoms with van der Waals surface area (Å²) in [6.45, 7) is 3.48. The first-order valence-electron chi connectivity index (χ1n) is 9.02. The first-order valence-corrected chi connectivity index (χ1v) is 10.6. The molecule has 5 nitrogen and oxygen atoms in total. The van der Waals surface area contributed by atoms with Crippen molar-refractivity contribution in [2.45, 2.75) is 26.6 Å². The van der Waals surface area contributed by atoms with Crippen LogP contribution in [0.1, 0.15) is 28.5 Å². The highest BCUT2D eigenvalue weighted by Gasteiger charge is 2.17. The molecule has 0 unspecified atom stereocenters. The average Bonchev–Trinajstić information content (AvgIpc) is 3.08. The van der Waals surface area contributed by atoms with Crippen LogP contribution in [0.25, 0.3) is 0 Å². The lowest BCUT2D eigenvalue weighted by molar-refractivity contribution is 0.0781. The summed E-state index contributed by atoms with van der Waals surface area (Å²) in [7, 11) is 1.77. The molecule has 0 aliphatic carbocycles. The van der Waals surface area contributed by atoms with Crippen LogP contribution in [-0.2, 0) is 19.7 Å². The highest BCUT2D eigenvalue weighted by Crippen LogP contribution is 2.32. The van der Waals surface area contributed by atoms with E-state index in [1.165, 1.54) is 0 Å². The molecule has 0 radical (unpaired) electrons. The number of ether oxygens (including phenoxy) is 1. The van der Waals surface area contributed by atoms with Gasteiger partial charge in [-0.3, -0.25) is 9.48 Å². The second-order valence-electron chi connectivity index (χ2n) is 6.46. The third-order valence-electron chi connectivity index (χ3n) is 4.42. The number of amides is 1. The lowest BCUT2D eigenvalue weighted by atomic mass is 10.1. The van der Waals surface area contributed by atoms with Crippen molar-refractivity contribution < 1.29 is 9.53 Å². The van der Waals surface area contributed by atoms with Gasteiger partial charge in [-0.2, -0.15) is 5.10 Å². The van der Waals surface area contributed by atoms with Gasteiger partial charge in [0.1, 0.15) is 17.4 Å². The average molecular weight is 497 g/mol. The zero-order valence-corrected chi connectivity index (χ0v) is 19.1. The van der Waals surface area contributed by atoms with E-state index in [1.54, 1.807) is 42.4 Å². The van der Waals surface area contributed by atoms with E-state index in [9.17, 15) is 4.79 Å². The highest BCUT2D eigenvalue weighted by molar-refractivity contribution is 9.10. The molecule has 2 aromatic carbocycles. The number of carbonyl (C=O) groups excluding carboxylic acids is 1. The quantitative estimate of drug-likeness (QED) is 0.413. The Morgan fingerprint density at radius 1 is 1.24 bits per heavy atom. The minimum Gasteiger partial charge on any atom is -0.487 e. The third-order valence-corrected chi connectivity index (χ3v) is 5.88. The summed E-state index contributed by atoms with van der Waals surface area (Å²) in [4.78, 5) is 14.6. The van der Waals surface area contributed by atoms with Gasteiger partial charge in [0.25, 0.3) is 5.91 Å². The Labute approximate surface area is 188 Å². The van der Waals surface area contributed by atoms with E-state index in [1.807, 2.05) is 29.8 Å². The lowest BCUT2D eigenvalue weighted by Gasteiger charge is -2.19. The molecule has 0 aliphatic heterocycles. The number of carbonyl (C=O) groups is 1. The Morgan fingerprint density at radius 3 is 2.76 bits per heavy atom. The summed E-state index contributed by atoms with van der Waals surface area (Å²) in [6.07, 6.45) is 1.75. The van der Waals surface area contributed by atoms with E-state index in [-0.39, 0.29) is 12.5 Å². The summed E-state index contributed by atoms with van der Waals surface area (Å²) in [6, 6.07) is 12.6. The van der Waals surface area contributed by atoms with Crippen LogP contribution in [-0.4, -0.2) is 27.6 Å². The number of nitrogens with zero attached hydrogens (tertiary/aromatic N) is 3. The highest BCUT2D eigenvalue weighted by atomic mass is 79.9. The fourth-order valence-corrected chi connectivity index (χ4v) is 3.65. The summed E-state index contributed by atoms with van der Waals surface area (Å²) in [5, 5.41) is 5.11. The van der Waals surface area contributed by atoms with Crippen molar-refractivity contribution in [1.29, 1.82) is 0 Å². The number of halogens is 3. The molecular formula is C21H20BrCl2N3O2. The minimum absolute atomic E-state index is 0.0802. The number of hydrogen-bond acceptors (Lipinski definition) is 3. The molecular weight excluding hydrogens is 477 g/mol. The van der Waals surface area contributed by atoms with Crippen molar-refractivity contribution in [3.8, 4) is 5.75 Å². The molecule has 3 aromatic rings. The lowest BCUT2D eigenvalue weighted by Crippen LogP contribution is -2.27. The summed E-state index contributed by atoms with van der Waals surface area (Å²) < 4.78 is 8.53. The van der Waals surface area contributed by atoms with E-state index in [2.05, 4.69) is 21.0 Å². The van der Waals surface area contributed by atoms with Gasteiger partial charge in [-0.25, -0.2) is 0 Å². The van der Waals surface area contributed by atoms with Crippen LogP contribution in [0.3, 0.4) is 0 Å². The molecule has 3 rings (SSSR count). The van der Waals surface area contributed by atoms with Crippen LogP contribution in [0.5, 0.6) is 5.75 Å². The van der Waals surface area contributed by atoms with Crippen LogP contribution >= 0.6 is 39.1 Å². The fourth-order valence-electron chi connectivity index (χ4n) is 2.89. The molecule has 0 fully saturated rings. The molecule has 0 saturated carbocycles. The van der Waals surface area contributed by atoms with Gasteiger partial charge in [0, 0.05) is 19.2 Å².